The lowest BCUT2D eigenvalue weighted by molar-refractivity contribution is -0.113. The lowest BCUT2D eigenvalue weighted by Gasteiger charge is -2.10. The highest BCUT2D eigenvalue weighted by atomic mass is 79.9. The summed E-state index contributed by atoms with van der Waals surface area (Å²) < 4.78 is 21.6. The van der Waals surface area contributed by atoms with Crippen LogP contribution in [-0.4, -0.2) is 26.4 Å². The first-order valence-corrected chi connectivity index (χ1v) is 10.8. The van der Waals surface area contributed by atoms with Gasteiger partial charge in [0.15, 0.2) is 11.0 Å². The summed E-state index contributed by atoms with van der Waals surface area (Å²) in [5.41, 5.74) is 0.723. The monoisotopic (exact) mass is 498 g/mol. The minimum Gasteiger partial charge on any atom is -0.484 e. The number of anilines is 1. The van der Waals surface area contributed by atoms with Crippen LogP contribution in [0.3, 0.4) is 0 Å². The molecule has 0 saturated carbocycles. The van der Waals surface area contributed by atoms with Gasteiger partial charge in [0.1, 0.15) is 18.2 Å². The SMILES string of the molecule is CCn1c(COc2ccc(F)cc2Cl)nnc1SCC(=O)Nc1ccc(Br)cc1. The largest absolute Gasteiger partial charge is 0.484 e. The van der Waals surface area contributed by atoms with E-state index in [0.717, 1.165) is 10.2 Å². The third kappa shape index (κ3) is 5.94. The lowest BCUT2D eigenvalue weighted by atomic mass is 10.3. The molecule has 2 aromatic carbocycles. The summed E-state index contributed by atoms with van der Waals surface area (Å²) in [6.07, 6.45) is 0. The van der Waals surface area contributed by atoms with Crippen LogP contribution in [0.1, 0.15) is 12.7 Å². The molecule has 3 rings (SSSR count). The average Bonchev–Trinajstić information content (AvgIpc) is 3.09. The van der Waals surface area contributed by atoms with Gasteiger partial charge in [-0.2, -0.15) is 0 Å². The van der Waals surface area contributed by atoms with Crippen LogP contribution in [0.2, 0.25) is 5.02 Å². The van der Waals surface area contributed by atoms with Crippen LogP contribution in [0.15, 0.2) is 52.1 Å². The molecule has 1 amide bonds. The van der Waals surface area contributed by atoms with Crippen LogP contribution in [-0.2, 0) is 17.9 Å². The molecule has 0 aliphatic rings. The fourth-order valence-electron chi connectivity index (χ4n) is 2.45. The van der Waals surface area contributed by atoms with Crippen molar-refractivity contribution in [3.63, 3.8) is 0 Å². The minimum absolute atomic E-state index is 0.123. The van der Waals surface area contributed by atoms with E-state index < -0.39 is 5.82 Å². The average molecular weight is 500 g/mol. The Morgan fingerprint density at radius 3 is 2.72 bits per heavy atom. The fourth-order valence-corrected chi connectivity index (χ4v) is 3.75. The summed E-state index contributed by atoms with van der Waals surface area (Å²) in [4.78, 5) is 12.2. The van der Waals surface area contributed by atoms with E-state index in [0.29, 0.717) is 23.3 Å². The highest BCUT2D eigenvalue weighted by molar-refractivity contribution is 9.10. The molecular weight excluding hydrogens is 483 g/mol. The third-order valence-corrected chi connectivity index (χ3v) is 5.61. The lowest BCUT2D eigenvalue weighted by Crippen LogP contribution is -2.14. The van der Waals surface area contributed by atoms with E-state index in [-0.39, 0.29) is 23.3 Å². The molecule has 0 aliphatic carbocycles. The van der Waals surface area contributed by atoms with Gasteiger partial charge in [-0.25, -0.2) is 4.39 Å². The van der Waals surface area contributed by atoms with E-state index in [1.165, 1.54) is 30.0 Å². The first kappa shape index (κ1) is 21.6. The van der Waals surface area contributed by atoms with E-state index in [1.54, 1.807) is 0 Å². The van der Waals surface area contributed by atoms with Crippen LogP contribution in [0.25, 0.3) is 0 Å². The molecular formula is C19H17BrClFN4O2S. The Morgan fingerprint density at radius 2 is 2.03 bits per heavy atom. The maximum atomic E-state index is 13.1. The maximum absolute atomic E-state index is 13.1. The van der Waals surface area contributed by atoms with Gasteiger partial charge in [0.05, 0.1) is 10.8 Å². The van der Waals surface area contributed by atoms with Gasteiger partial charge in [0.25, 0.3) is 0 Å². The van der Waals surface area contributed by atoms with Gasteiger partial charge < -0.3 is 14.6 Å². The number of ether oxygens (including phenoxy) is 1. The second kappa shape index (κ2) is 10.1. The molecule has 0 unspecified atom stereocenters. The fraction of sp³-hybridized carbons (Fsp3) is 0.211. The van der Waals surface area contributed by atoms with Crippen molar-refractivity contribution in [2.24, 2.45) is 0 Å². The Labute approximate surface area is 184 Å². The van der Waals surface area contributed by atoms with Crippen LogP contribution >= 0.6 is 39.3 Å². The van der Waals surface area contributed by atoms with Crippen molar-refractivity contribution >= 4 is 50.9 Å². The van der Waals surface area contributed by atoms with Crippen molar-refractivity contribution < 1.29 is 13.9 Å². The summed E-state index contributed by atoms with van der Waals surface area (Å²) in [5, 5.41) is 11.9. The zero-order valence-electron chi connectivity index (χ0n) is 15.4. The van der Waals surface area contributed by atoms with Gasteiger partial charge in [0, 0.05) is 16.7 Å². The molecule has 6 nitrogen and oxygen atoms in total. The number of rotatable bonds is 8. The zero-order chi connectivity index (χ0) is 20.8. The number of nitrogens with one attached hydrogen (secondary N) is 1. The molecule has 0 saturated heterocycles. The molecule has 0 aliphatic heterocycles. The normalized spacial score (nSPS) is 10.8. The van der Waals surface area contributed by atoms with E-state index in [4.69, 9.17) is 16.3 Å². The van der Waals surface area contributed by atoms with Crippen molar-refractivity contribution in [1.82, 2.24) is 14.8 Å². The number of amides is 1. The maximum Gasteiger partial charge on any atom is 0.234 e. The van der Waals surface area contributed by atoms with Crippen molar-refractivity contribution in [3.8, 4) is 5.75 Å². The molecule has 29 heavy (non-hydrogen) atoms. The van der Waals surface area contributed by atoms with Gasteiger partial charge in [-0.05, 0) is 49.4 Å². The number of hydrogen-bond donors (Lipinski definition) is 1. The molecule has 0 fully saturated rings. The number of carbonyl (C=O) groups is 1. The predicted molar refractivity (Wildman–Crippen MR) is 115 cm³/mol. The summed E-state index contributed by atoms with van der Waals surface area (Å²) in [7, 11) is 0. The molecule has 0 atom stereocenters. The summed E-state index contributed by atoms with van der Waals surface area (Å²) in [6.45, 7) is 2.68. The van der Waals surface area contributed by atoms with Crippen molar-refractivity contribution in [1.29, 1.82) is 0 Å². The second-order valence-electron chi connectivity index (χ2n) is 5.85. The predicted octanol–water partition coefficient (Wildman–Crippen LogP) is 5.16. The van der Waals surface area contributed by atoms with Crippen molar-refractivity contribution in [2.45, 2.75) is 25.2 Å². The van der Waals surface area contributed by atoms with E-state index in [2.05, 4.69) is 31.4 Å². The van der Waals surface area contributed by atoms with E-state index in [1.807, 2.05) is 35.8 Å². The molecule has 10 heteroatoms. The summed E-state index contributed by atoms with van der Waals surface area (Å²) in [6, 6.07) is 11.3. The van der Waals surface area contributed by atoms with Crippen LogP contribution < -0.4 is 10.1 Å². The number of benzene rings is 2. The third-order valence-electron chi connectivity index (χ3n) is 3.82. The zero-order valence-corrected chi connectivity index (χ0v) is 18.5. The van der Waals surface area contributed by atoms with E-state index >= 15 is 0 Å². The second-order valence-corrected chi connectivity index (χ2v) is 8.12. The molecule has 0 radical (unpaired) electrons. The molecule has 3 aromatic rings. The molecule has 152 valence electrons. The summed E-state index contributed by atoms with van der Waals surface area (Å²) >= 11 is 10.6. The Bertz CT molecular complexity index is 1000. The topological polar surface area (TPSA) is 69.0 Å². The van der Waals surface area contributed by atoms with Gasteiger partial charge >= 0.3 is 0 Å². The van der Waals surface area contributed by atoms with Crippen molar-refractivity contribution in [3.05, 3.63) is 63.6 Å². The number of halogens is 3. The smallest absolute Gasteiger partial charge is 0.234 e. The summed E-state index contributed by atoms with van der Waals surface area (Å²) in [5.74, 6) is 0.572. The molecule has 1 heterocycles. The number of nitrogens with zero attached hydrogens (tertiary/aromatic N) is 3. The number of aromatic nitrogens is 3. The molecule has 0 bridgehead atoms. The van der Waals surface area contributed by atoms with Crippen molar-refractivity contribution in [2.75, 3.05) is 11.1 Å². The van der Waals surface area contributed by atoms with E-state index in [9.17, 15) is 9.18 Å². The highest BCUT2D eigenvalue weighted by Crippen LogP contribution is 2.26. The number of thioether (sulfide) groups is 1. The quantitative estimate of drug-likeness (QED) is 0.434. The Morgan fingerprint density at radius 1 is 1.28 bits per heavy atom. The molecule has 1 N–H and O–H groups in total. The Hall–Kier alpha value is -2.10. The molecule has 0 spiro atoms. The van der Waals surface area contributed by atoms with Crippen LogP contribution in [0.4, 0.5) is 10.1 Å². The first-order valence-electron chi connectivity index (χ1n) is 8.64. The van der Waals surface area contributed by atoms with Crippen LogP contribution in [0.5, 0.6) is 5.75 Å². The van der Waals surface area contributed by atoms with Gasteiger partial charge in [-0.1, -0.05) is 39.3 Å². The number of carbonyl (C=O) groups excluding carboxylic acids is 1. The number of hydrogen-bond acceptors (Lipinski definition) is 5. The van der Waals surface area contributed by atoms with Gasteiger partial charge in [-0.3, -0.25) is 4.79 Å². The Kier molecular flexibility index (Phi) is 7.51. The first-order chi connectivity index (χ1) is 14.0. The standard InChI is InChI=1S/C19H17BrClFN4O2S/c1-2-26-17(10-28-16-8-5-13(22)9-15(16)21)24-25-19(26)29-11-18(27)23-14-6-3-12(20)4-7-14/h3-9H,2,10-11H2,1H3,(H,23,27). The molecule has 1 aromatic heterocycles. The van der Waals surface area contributed by atoms with Gasteiger partial charge in [0.2, 0.25) is 5.91 Å². The Balaban J connectivity index is 1.58. The van der Waals surface area contributed by atoms with Gasteiger partial charge in [-0.15, -0.1) is 10.2 Å². The van der Waals surface area contributed by atoms with Crippen LogP contribution in [0, 0.1) is 5.82 Å². The minimum atomic E-state index is -0.431. The highest BCUT2D eigenvalue weighted by Gasteiger charge is 2.14.